The van der Waals surface area contributed by atoms with E-state index in [-0.39, 0.29) is 18.7 Å². The van der Waals surface area contributed by atoms with Crippen LogP contribution in [-0.2, 0) is 17.8 Å². The van der Waals surface area contributed by atoms with Crippen molar-refractivity contribution in [2.45, 2.75) is 32.4 Å². The normalized spacial score (nSPS) is 21.6. The molecule has 5 nitrogen and oxygen atoms in total. The number of fused-ring (bicyclic) bond motifs is 1. The predicted octanol–water partition coefficient (Wildman–Crippen LogP) is 0.979. The van der Waals surface area contributed by atoms with E-state index in [0.29, 0.717) is 0 Å². The molecule has 2 aliphatic rings. The van der Waals surface area contributed by atoms with Crippen LogP contribution in [0.2, 0.25) is 0 Å². The van der Waals surface area contributed by atoms with Gasteiger partial charge in [-0.25, -0.2) is 0 Å². The minimum Gasteiger partial charge on any atom is -0.381 e. The Hall–Kier alpha value is -0.950. The molecule has 1 aromatic rings. The van der Waals surface area contributed by atoms with Crippen LogP contribution in [0.4, 0.5) is 0 Å². The van der Waals surface area contributed by atoms with Crippen LogP contribution in [0.3, 0.4) is 0 Å². The summed E-state index contributed by atoms with van der Waals surface area (Å²) >= 11 is 1.81. The number of aliphatic hydroxyl groups is 1. The lowest BCUT2D eigenvalue weighted by molar-refractivity contribution is -0.139. The predicted molar refractivity (Wildman–Crippen MR) is 87.8 cm³/mol. The zero-order valence-corrected chi connectivity index (χ0v) is 14.0. The maximum atomic E-state index is 12.9. The van der Waals surface area contributed by atoms with E-state index >= 15 is 0 Å². The first-order valence-electron chi connectivity index (χ1n) is 8.14. The first-order valence-corrected chi connectivity index (χ1v) is 9.02. The smallest absolute Gasteiger partial charge is 0.240 e. The van der Waals surface area contributed by atoms with E-state index in [1.54, 1.807) is 11.3 Å². The molecule has 0 saturated carbocycles. The Morgan fingerprint density at radius 2 is 2.09 bits per heavy atom. The maximum absolute atomic E-state index is 12.9. The van der Waals surface area contributed by atoms with Crippen molar-refractivity contribution in [2.24, 2.45) is 0 Å². The molecule has 6 heteroatoms. The first-order chi connectivity index (χ1) is 10.7. The highest BCUT2D eigenvalue weighted by atomic mass is 32.1. The molecule has 1 fully saturated rings. The van der Waals surface area contributed by atoms with E-state index in [1.165, 1.54) is 10.4 Å². The van der Waals surface area contributed by atoms with Crippen LogP contribution in [0.1, 0.15) is 23.8 Å². The largest absolute Gasteiger partial charge is 0.381 e. The monoisotopic (exact) mass is 323 g/mol. The average molecular weight is 323 g/mol. The van der Waals surface area contributed by atoms with Crippen molar-refractivity contribution < 1.29 is 9.90 Å². The van der Waals surface area contributed by atoms with Crippen molar-refractivity contribution in [1.29, 1.82) is 0 Å². The van der Waals surface area contributed by atoms with Crippen molar-refractivity contribution in [3.8, 4) is 0 Å². The molecule has 2 aliphatic heterocycles. The van der Waals surface area contributed by atoms with Crippen molar-refractivity contribution in [3.63, 3.8) is 0 Å². The number of piperazine rings is 1. The summed E-state index contributed by atoms with van der Waals surface area (Å²) in [5, 5.41) is 11.3. The lowest BCUT2D eigenvalue weighted by Crippen LogP contribution is -2.55. The van der Waals surface area contributed by atoms with E-state index in [4.69, 9.17) is 0 Å². The van der Waals surface area contributed by atoms with Gasteiger partial charge in [-0.1, -0.05) is 6.92 Å². The average Bonchev–Trinajstić information content (AvgIpc) is 3.03. The van der Waals surface area contributed by atoms with Gasteiger partial charge in [-0.2, -0.15) is 0 Å². The molecule has 3 rings (SSSR count). The number of carbonyl (C=O) groups is 1. The van der Waals surface area contributed by atoms with Gasteiger partial charge in [0.1, 0.15) is 0 Å². The molecule has 1 unspecified atom stereocenters. The third kappa shape index (κ3) is 3.20. The highest BCUT2D eigenvalue weighted by Gasteiger charge is 2.32. The van der Waals surface area contributed by atoms with Crippen LogP contribution >= 0.6 is 11.3 Å². The van der Waals surface area contributed by atoms with Crippen molar-refractivity contribution >= 4 is 17.2 Å². The number of carbonyl (C=O) groups excluding carboxylic acids is 1. The Labute approximate surface area is 136 Å². The van der Waals surface area contributed by atoms with Gasteiger partial charge in [0, 0.05) is 44.1 Å². The molecule has 0 radical (unpaired) electrons. The van der Waals surface area contributed by atoms with Crippen LogP contribution in [-0.4, -0.2) is 71.2 Å². The Balaban J connectivity index is 1.63. The standard InChI is InChI=1S/C16H25N3O2S/c1-2-14(18-8-6-17(12-20)7-9-18)16(21)19-5-3-15-13(11-19)4-10-22-15/h4,10,14,20H,2-3,5-9,11-12H2,1H3. The zero-order valence-electron chi connectivity index (χ0n) is 13.2. The van der Waals surface area contributed by atoms with Crippen LogP contribution in [0.25, 0.3) is 0 Å². The molecule has 1 aromatic heterocycles. The van der Waals surface area contributed by atoms with Crippen LogP contribution in [0, 0.1) is 0 Å². The van der Waals surface area contributed by atoms with Gasteiger partial charge in [0.05, 0.1) is 12.8 Å². The fourth-order valence-corrected chi connectivity index (χ4v) is 4.34. The summed E-state index contributed by atoms with van der Waals surface area (Å²) in [6.07, 6.45) is 1.85. The van der Waals surface area contributed by atoms with Gasteiger partial charge < -0.3 is 10.0 Å². The summed E-state index contributed by atoms with van der Waals surface area (Å²) in [5.74, 6) is 0.275. The van der Waals surface area contributed by atoms with E-state index in [2.05, 4.69) is 23.3 Å². The number of aliphatic hydroxyl groups excluding tert-OH is 1. The summed E-state index contributed by atoms with van der Waals surface area (Å²) in [6.45, 7) is 7.24. The van der Waals surface area contributed by atoms with Crippen LogP contribution in [0.5, 0.6) is 0 Å². The Morgan fingerprint density at radius 1 is 1.32 bits per heavy atom. The molecular weight excluding hydrogens is 298 g/mol. The molecule has 22 heavy (non-hydrogen) atoms. The minimum atomic E-state index is -0.0129. The minimum absolute atomic E-state index is 0.0129. The van der Waals surface area contributed by atoms with Gasteiger partial charge in [0.25, 0.3) is 0 Å². The lowest BCUT2D eigenvalue weighted by atomic mass is 10.1. The fourth-order valence-electron chi connectivity index (χ4n) is 3.45. The molecular formula is C16H25N3O2S. The Kier molecular flexibility index (Phi) is 5.13. The Bertz CT molecular complexity index is 511. The quantitative estimate of drug-likeness (QED) is 0.897. The lowest BCUT2D eigenvalue weighted by Gasteiger charge is -2.40. The third-order valence-electron chi connectivity index (χ3n) is 4.84. The zero-order chi connectivity index (χ0) is 15.5. The molecule has 0 spiro atoms. The van der Waals surface area contributed by atoms with Gasteiger partial charge in [0.15, 0.2) is 0 Å². The summed E-state index contributed by atoms with van der Waals surface area (Å²) < 4.78 is 0. The van der Waals surface area contributed by atoms with Gasteiger partial charge in [-0.15, -0.1) is 11.3 Å². The number of hydrogen-bond acceptors (Lipinski definition) is 5. The topological polar surface area (TPSA) is 47.0 Å². The summed E-state index contributed by atoms with van der Waals surface area (Å²) in [7, 11) is 0. The summed E-state index contributed by atoms with van der Waals surface area (Å²) in [4.78, 5) is 20.7. The highest BCUT2D eigenvalue weighted by molar-refractivity contribution is 7.10. The fraction of sp³-hybridized carbons (Fsp3) is 0.688. The van der Waals surface area contributed by atoms with E-state index in [0.717, 1.165) is 52.1 Å². The second-order valence-corrected chi connectivity index (χ2v) is 7.10. The molecule has 0 aromatic carbocycles. The number of thiophene rings is 1. The molecule has 0 aliphatic carbocycles. The van der Waals surface area contributed by atoms with Crippen molar-refractivity contribution in [1.82, 2.24) is 14.7 Å². The molecule has 122 valence electrons. The maximum Gasteiger partial charge on any atom is 0.240 e. The molecule has 1 saturated heterocycles. The van der Waals surface area contributed by atoms with Gasteiger partial charge in [-0.05, 0) is 29.9 Å². The van der Waals surface area contributed by atoms with Gasteiger partial charge in [-0.3, -0.25) is 14.6 Å². The summed E-state index contributed by atoms with van der Waals surface area (Å²) in [6, 6.07) is 2.14. The second-order valence-electron chi connectivity index (χ2n) is 6.10. The Morgan fingerprint density at radius 3 is 2.77 bits per heavy atom. The summed E-state index contributed by atoms with van der Waals surface area (Å²) in [5.41, 5.74) is 1.32. The number of rotatable bonds is 4. The van der Waals surface area contributed by atoms with Gasteiger partial charge in [0.2, 0.25) is 5.91 Å². The third-order valence-corrected chi connectivity index (χ3v) is 5.86. The van der Waals surface area contributed by atoms with Crippen LogP contribution in [0.15, 0.2) is 11.4 Å². The molecule has 3 heterocycles. The molecule has 1 N–H and O–H groups in total. The second kappa shape index (κ2) is 7.08. The van der Waals surface area contributed by atoms with Crippen molar-refractivity contribution in [2.75, 3.05) is 39.5 Å². The van der Waals surface area contributed by atoms with Crippen molar-refractivity contribution in [3.05, 3.63) is 21.9 Å². The van der Waals surface area contributed by atoms with E-state index < -0.39 is 0 Å². The van der Waals surface area contributed by atoms with E-state index in [9.17, 15) is 9.90 Å². The number of amides is 1. The highest BCUT2D eigenvalue weighted by Crippen LogP contribution is 2.25. The van der Waals surface area contributed by atoms with Gasteiger partial charge >= 0.3 is 0 Å². The molecule has 1 atom stereocenters. The first kappa shape index (κ1) is 15.9. The van der Waals surface area contributed by atoms with E-state index in [1.807, 2.05) is 9.80 Å². The van der Waals surface area contributed by atoms with Crippen LogP contribution < -0.4 is 0 Å². The number of hydrogen-bond donors (Lipinski definition) is 1. The number of nitrogens with zero attached hydrogens (tertiary/aromatic N) is 3. The molecule has 0 bridgehead atoms. The molecule has 1 amide bonds. The SMILES string of the molecule is CCC(C(=O)N1CCc2sccc2C1)N1CCN(CO)CC1.